The molecule has 4 heterocycles. The number of anilines is 2. The molecule has 4 rings (SSSR count). The number of oxazole rings is 1. The summed E-state index contributed by atoms with van der Waals surface area (Å²) in [6.07, 6.45) is 1.55. The Morgan fingerprint density at radius 1 is 1.24 bits per heavy atom. The highest BCUT2D eigenvalue weighted by Gasteiger charge is 2.18. The Morgan fingerprint density at radius 3 is 2.88 bits per heavy atom. The number of halogens is 1. The lowest BCUT2D eigenvalue weighted by molar-refractivity contribution is 0.102. The van der Waals surface area contributed by atoms with Gasteiger partial charge in [0, 0.05) is 19.2 Å². The Labute approximate surface area is 151 Å². The fraction of sp³-hybridized carbons (Fsp3) is 0.250. The van der Waals surface area contributed by atoms with Crippen molar-refractivity contribution in [3.63, 3.8) is 0 Å². The van der Waals surface area contributed by atoms with Gasteiger partial charge in [-0.05, 0) is 28.1 Å². The highest BCUT2D eigenvalue weighted by molar-refractivity contribution is 9.10. The molecule has 9 heteroatoms. The third-order valence-corrected chi connectivity index (χ3v) is 4.16. The summed E-state index contributed by atoms with van der Waals surface area (Å²) in [6, 6.07) is 7.36. The van der Waals surface area contributed by atoms with E-state index in [-0.39, 0.29) is 5.91 Å². The molecule has 0 unspecified atom stereocenters. The van der Waals surface area contributed by atoms with E-state index in [1.807, 2.05) is 4.90 Å². The molecule has 3 aromatic rings. The quantitative estimate of drug-likeness (QED) is 0.671. The number of morpholine rings is 1. The monoisotopic (exact) mass is 403 g/mol. The van der Waals surface area contributed by atoms with Crippen LogP contribution in [0.1, 0.15) is 10.5 Å². The van der Waals surface area contributed by atoms with Crippen molar-refractivity contribution in [3.8, 4) is 0 Å². The molecule has 128 valence electrons. The molecule has 3 aromatic heterocycles. The van der Waals surface area contributed by atoms with E-state index in [9.17, 15) is 4.79 Å². The average Bonchev–Trinajstić information content (AvgIpc) is 3.06. The number of nitrogens with zero attached hydrogens (tertiary/aromatic N) is 4. The molecule has 0 atom stereocenters. The third kappa shape index (κ3) is 3.47. The third-order valence-electron chi connectivity index (χ3n) is 3.72. The summed E-state index contributed by atoms with van der Waals surface area (Å²) in [4.78, 5) is 27.0. The zero-order valence-corrected chi connectivity index (χ0v) is 14.7. The van der Waals surface area contributed by atoms with Crippen molar-refractivity contribution in [1.82, 2.24) is 15.0 Å². The second kappa shape index (κ2) is 6.77. The molecule has 0 radical (unpaired) electrons. The molecule has 0 spiro atoms. The van der Waals surface area contributed by atoms with E-state index in [4.69, 9.17) is 9.15 Å². The zero-order valence-electron chi connectivity index (χ0n) is 13.1. The van der Waals surface area contributed by atoms with Gasteiger partial charge in [0.05, 0.1) is 25.1 Å². The summed E-state index contributed by atoms with van der Waals surface area (Å²) in [5.74, 6) is -0.324. The lowest BCUT2D eigenvalue weighted by atomic mass is 10.3. The molecule has 1 aliphatic heterocycles. The fourth-order valence-electron chi connectivity index (χ4n) is 2.50. The number of ether oxygens (including phenoxy) is 1. The molecular formula is C16H14BrN5O3. The predicted octanol–water partition coefficient (Wildman–Crippen LogP) is 2.47. The summed E-state index contributed by atoms with van der Waals surface area (Å²) < 4.78 is 11.7. The number of nitrogens with one attached hydrogen (secondary N) is 1. The van der Waals surface area contributed by atoms with E-state index < -0.39 is 0 Å². The zero-order chi connectivity index (χ0) is 17.2. The largest absolute Gasteiger partial charge is 0.422 e. The van der Waals surface area contributed by atoms with Crippen molar-refractivity contribution in [2.45, 2.75) is 0 Å². The van der Waals surface area contributed by atoms with E-state index in [1.54, 1.807) is 30.5 Å². The summed E-state index contributed by atoms with van der Waals surface area (Å²) in [6.45, 7) is 2.75. The maximum absolute atomic E-state index is 12.3. The normalized spacial score (nSPS) is 14.7. The predicted molar refractivity (Wildman–Crippen MR) is 94.7 cm³/mol. The molecule has 1 amide bonds. The van der Waals surface area contributed by atoms with Gasteiger partial charge in [-0.1, -0.05) is 6.07 Å². The number of carbonyl (C=O) groups is 1. The molecule has 0 aliphatic carbocycles. The van der Waals surface area contributed by atoms with Crippen molar-refractivity contribution >= 4 is 44.8 Å². The number of fused-ring (bicyclic) bond motifs is 1. The molecule has 0 aromatic carbocycles. The lowest BCUT2D eigenvalue weighted by Gasteiger charge is -2.24. The highest BCUT2D eigenvalue weighted by Crippen LogP contribution is 2.23. The van der Waals surface area contributed by atoms with Gasteiger partial charge >= 0.3 is 0 Å². The summed E-state index contributed by atoms with van der Waals surface area (Å²) in [5, 5.41) is 2.76. The number of hydrogen-bond donors (Lipinski definition) is 1. The first-order chi connectivity index (χ1) is 12.2. The number of pyridine rings is 2. The van der Waals surface area contributed by atoms with Gasteiger partial charge in [-0.3, -0.25) is 4.79 Å². The van der Waals surface area contributed by atoms with Crippen LogP contribution in [0.2, 0.25) is 0 Å². The Hall–Kier alpha value is -2.52. The first-order valence-electron chi connectivity index (χ1n) is 7.72. The van der Waals surface area contributed by atoms with Crippen LogP contribution in [0.3, 0.4) is 0 Å². The van der Waals surface area contributed by atoms with Crippen LogP contribution in [-0.2, 0) is 4.74 Å². The number of hydrogen-bond acceptors (Lipinski definition) is 7. The molecular weight excluding hydrogens is 390 g/mol. The highest BCUT2D eigenvalue weighted by atomic mass is 79.9. The molecule has 0 bridgehead atoms. The maximum Gasteiger partial charge on any atom is 0.300 e. The Kier molecular flexibility index (Phi) is 4.33. The number of carbonyl (C=O) groups excluding carboxylic acids is 1. The minimum atomic E-state index is -0.324. The van der Waals surface area contributed by atoms with Crippen molar-refractivity contribution < 1.29 is 13.9 Å². The van der Waals surface area contributed by atoms with E-state index in [0.29, 0.717) is 46.4 Å². The van der Waals surface area contributed by atoms with E-state index in [2.05, 4.69) is 36.2 Å². The van der Waals surface area contributed by atoms with Crippen molar-refractivity contribution in [1.29, 1.82) is 0 Å². The lowest BCUT2D eigenvalue weighted by Crippen LogP contribution is -2.36. The molecule has 8 nitrogen and oxygen atoms in total. The summed E-state index contributed by atoms with van der Waals surface area (Å²) in [7, 11) is 0. The summed E-state index contributed by atoms with van der Waals surface area (Å²) >= 11 is 3.25. The van der Waals surface area contributed by atoms with Gasteiger partial charge in [-0.2, -0.15) is 4.98 Å². The maximum atomic E-state index is 12.3. The molecule has 0 saturated carbocycles. The van der Waals surface area contributed by atoms with Gasteiger partial charge < -0.3 is 19.4 Å². The van der Waals surface area contributed by atoms with Crippen LogP contribution in [-0.4, -0.2) is 47.2 Å². The Morgan fingerprint density at radius 2 is 2.08 bits per heavy atom. The first-order valence-corrected chi connectivity index (χ1v) is 8.51. The number of rotatable bonds is 3. The summed E-state index contributed by atoms with van der Waals surface area (Å²) in [5.41, 5.74) is 1.84. The molecule has 1 N–H and O–H groups in total. The van der Waals surface area contributed by atoms with Crippen LogP contribution in [0.15, 0.2) is 39.5 Å². The van der Waals surface area contributed by atoms with Crippen LogP contribution < -0.4 is 10.2 Å². The van der Waals surface area contributed by atoms with Gasteiger partial charge in [-0.15, -0.1) is 0 Å². The van der Waals surface area contributed by atoms with Gasteiger partial charge in [0.25, 0.3) is 11.9 Å². The van der Waals surface area contributed by atoms with Crippen molar-refractivity contribution in [2.24, 2.45) is 0 Å². The Bertz CT molecular complexity index is 923. The molecule has 1 saturated heterocycles. The van der Waals surface area contributed by atoms with E-state index >= 15 is 0 Å². The number of aromatic nitrogens is 3. The molecule has 1 fully saturated rings. The average molecular weight is 404 g/mol. The number of amides is 1. The van der Waals surface area contributed by atoms with Crippen molar-refractivity contribution in [3.05, 3.63) is 40.8 Å². The van der Waals surface area contributed by atoms with Crippen LogP contribution in [0.4, 0.5) is 11.7 Å². The molecule has 1 aliphatic rings. The molecule has 25 heavy (non-hydrogen) atoms. The van der Waals surface area contributed by atoms with Gasteiger partial charge in [0.1, 0.15) is 10.3 Å². The van der Waals surface area contributed by atoms with Gasteiger partial charge in [0.2, 0.25) is 5.65 Å². The minimum Gasteiger partial charge on any atom is -0.422 e. The second-order valence-electron chi connectivity index (χ2n) is 5.44. The van der Waals surface area contributed by atoms with Crippen LogP contribution in [0.5, 0.6) is 0 Å². The van der Waals surface area contributed by atoms with E-state index in [0.717, 1.165) is 13.1 Å². The first kappa shape index (κ1) is 16.0. The van der Waals surface area contributed by atoms with Gasteiger partial charge in [-0.25, -0.2) is 9.97 Å². The van der Waals surface area contributed by atoms with Crippen molar-refractivity contribution in [2.75, 3.05) is 36.5 Å². The Balaban J connectivity index is 1.55. The van der Waals surface area contributed by atoms with Gasteiger partial charge in [0.15, 0.2) is 5.58 Å². The topological polar surface area (TPSA) is 93.4 Å². The fourth-order valence-corrected chi connectivity index (χ4v) is 2.84. The van der Waals surface area contributed by atoms with Crippen LogP contribution in [0, 0.1) is 0 Å². The van der Waals surface area contributed by atoms with Crippen LogP contribution >= 0.6 is 15.9 Å². The minimum absolute atomic E-state index is 0.307. The van der Waals surface area contributed by atoms with Crippen LogP contribution in [0.25, 0.3) is 11.2 Å². The second-order valence-corrected chi connectivity index (χ2v) is 6.25. The van der Waals surface area contributed by atoms with E-state index in [1.165, 1.54) is 0 Å². The standard InChI is InChI=1S/C16H14BrN5O3/c17-13-3-1-2-11(20-13)15(23)19-10-8-12-14(18-9-10)21-16(25-12)22-4-6-24-7-5-22/h1-3,8-9H,4-7H2,(H,19,23). The SMILES string of the molecule is O=C(Nc1cnc2nc(N3CCOCC3)oc2c1)c1cccc(Br)n1. The smallest absolute Gasteiger partial charge is 0.300 e.